The van der Waals surface area contributed by atoms with E-state index >= 15 is 0 Å². The summed E-state index contributed by atoms with van der Waals surface area (Å²) in [5, 5.41) is 9.30. The van der Waals surface area contributed by atoms with Crippen LogP contribution in [0.25, 0.3) is 5.78 Å². The normalized spacial score (nSPS) is 11.3. The lowest BCUT2D eigenvalue weighted by Gasteiger charge is -1.98. The highest BCUT2D eigenvalue weighted by Crippen LogP contribution is 2.15. The van der Waals surface area contributed by atoms with E-state index in [0.717, 1.165) is 17.0 Å². The molecule has 128 valence electrons. The molecule has 0 bridgehead atoms. The minimum absolute atomic E-state index is 0.148. The third-order valence-electron chi connectivity index (χ3n) is 3.23. The average Bonchev–Trinajstić information content (AvgIpc) is 2.98. The minimum atomic E-state index is -0.256. The van der Waals surface area contributed by atoms with Crippen molar-refractivity contribution in [3.05, 3.63) is 52.3 Å². The molecule has 25 heavy (non-hydrogen) atoms. The van der Waals surface area contributed by atoms with Crippen LogP contribution < -0.4 is 5.43 Å². The number of benzene rings is 1. The molecule has 3 aromatic rings. The van der Waals surface area contributed by atoms with E-state index in [0.29, 0.717) is 16.0 Å². The van der Waals surface area contributed by atoms with Gasteiger partial charge in [0.05, 0.1) is 12.0 Å². The molecule has 3 rings (SSSR count). The molecule has 0 saturated heterocycles. The standard InChI is InChI=1S/C16H15ClN6OS/c1-10-7-11(2)23-15(19-10)20-16(22-23)25-9-14(24)21-18-8-12-5-3-4-6-13(12)17/h3-8H,9H2,1-2H3,(H,21,24)/b18-8+. The Balaban J connectivity index is 1.57. The number of carbonyl (C=O) groups excluding carboxylic acids is 1. The van der Waals surface area contributed by atoms with Gasteiger partial charge in [-0.1, -0.05) is 41.6 Å². The number of nitrogens with one attached hydrogen (secondary N) is 1. The fraction of sp³-hybridized carbons (Fsp3) is 0.188. The molecule has 1 amide bonds. The molecule has 0 saturated carbocycles. The number of carbonyl (C=O) groups is 1. The SMILES string of the molecule is Cc1cc(C)n2nc(SCC(=O)N/N=C/c3ccccc3Cl)nc2n1. The van der Waals surface area contributed by atoms with Crippen LogP contribution in [0.1, 0.15) is 17.0 Å². The zero-order chi connectivity index (χ0) is 17.8. The highest BCUT2D eigenvalue weighted by Gasteiger charge is 2.10. The number of nitrogens with zero attached hydrogens (tertiary/aromatic N) is 5. The van der Waals surface area contributed by atoms with Gasteiger partial charge < -0.3 is 0 Å². The van der Waals surface area contributed by atoms with Crippen molar-refractivity contribution in [2.75, 3.05) is 5.75 Å². The second kappa shape index (κ2) is 7.62. The van der Waals surface area contributed by atoms with Crippen LogP contribution in [0, 0.1) is 13.8 Å². The quantitative estimate of drug-likeness (QED) is 0.421. The van der Waals surface area contributed by atoms with Gasteiger partial charge in [-0.3, -0.25) is 4.79 Å². The van der Waals surface area contributed by atoms with Gasteiger partial charge in [-0.2, -0.15) is 10.1 Å². The van der Waals surface area contributed by atoms with Crippen LogP contribution in [-0.4, -0.2) is 37.5 Å². The van der Waals surface area contributed by atoms with Crippen molar-refractivity contribution >= 4 is 41.3 Å². The summed E-state index contributed by atoms with van der Waals surface area (Å²) in [6, 6.07) is 9.16. The van der Waals surface area contributed by atoms with Crippen molar-refractivity contribution in [2.45, 2.75) is 19.0 Å². The number of halogens is 1. The first-order valence-corrected chi connectivity index (χ1v) is 8.79. The van der Waals surface area contributed by atoms with E-state index < -0.39 is 0 Å². The fourth-order valence-electron chi connectivity index (χ4n) is 2.13. The predicted molar refractivity (Wildman–Crippen MR) is 98.2 cm³/mol. The Morgan fingerprint density at radius 2 is 2.16 bits per heavy atom. The average molecular weight is 375 g/mol. The monoisotopic (exact) mass is 374 g/mol. The van der Waals surface area contributed by atoms with Crippen molar-refractivity contribution in [3.8, 4) is 0 Å². The molecule has 9 heteroatoms. The number of amides is 1. The van der Waals surface area contributed by atoms with Gasteiger partial charge in [0.25, 0.3) is 11.7 Å². The minimum Gasteiger partial charge on any atom is -0.272 e. The van der Waals surface area contributed by atoms with Crippen LogP contribution in [0.5, 0.6) is 0 Å². The van der Waals surface area contributed by atoms with Gasteiger partial charge in [0.15, 0.2) is 0 Å². The Kier molecular flexibility index (Phi) is 5.30. The van der Waals surface area contributed by atoms with Gasteiger partial charge in [-0.15, -0.1) is 5.10 Å². The second-order valence-corrected chi connectivity index (χ2v) is 6.60. The molecule has 7 nitrogen and oxygen atoms in total. The van der Waals surface area contributed by atoms with Crippen molar-refractivity contribution < 1.29 is 4.79 Å². The molecule has 0 fully saturated rings. The number of hydrazone groups is 1. The number of rotatable bonds is 5. The van der Waals surface area contributed by atoms with Crippen LogP contribution in [0.2, 0.25) is 5.02 Å². The van der Waals surface area contributed by atoms with E-state index in [9.17, 15) is 4.79 Å². The molecule has 0 aliphatic rings. The van der Waals surface area contributed by atoms with Crippen LogP contribution in [-0.2, 0) is 4.79 Å². The predicted octanol–water partition coefficient (Wildman–Crippen LogP) is 2.64. The lowest BCUT2D eigenvalue weighted by atomic mass is 10.2. The smallest absolute Gasteiger partial charge is 0.253 e. The van der Waals surface area contributed by atoms with Crippen molar-refractivity contribution in [1.29, 1.82) is 0 Å². The zero-order valence-corrected chi connectivity index (χ0v) is 15.2. The Morgan fingerprint density at radius 1 is 1.36 bits per heavy atom. The van der Waals surface area contributed by atoms with Crippen LogP contribution >= 0.6 is 23.4 Å². The Labute approximate surface area is 153 Å². The summed E-state index contributed by atoms with van der Waals surface area (Å²) in [6.07, 6.45) is 1.50. The highest BCUT2D eigenvalue weighted by molar-refractivity contribution is 7.99. The number of aromatic nitrogens is 4. The van der Waals surface area contributed by atoms with Gasteiger partial charge in [0, 0.05) is 22.0 Å². The van der Waals surface area contributed by atoms with Gasteiger partial charge in [0.2, 0.25) is 5.16 Å². The van der Waals surface area contributed by atoms with E-state index in [2.05, 4.69) is 25.6 Å². The number of thioether (sulfide) groups is 1. The first-order chi connectivity index (χ1) is 12.0. The Bertz CT molecular complexity index is 955. The summed E-state index contributed by atoms with van der Waals surface area (Å²) in [6.45, 7) is 3.83. The maximum absolute atomic E-state index is 11.9. The van der Waals surface area contributed by atoms with Crippen molar-refractivity contribution in [2.24, 2.45) is 5.10 Å². The number of hydrogen-bond donors (Lipinski definition) is 1. The van der Waals surface area contributed by atoms with Crippen molar-refractivity contribution in [1.82, 2.24) is 25.0 Å². The fourth-order valence-corrected chi connectivity index (χ4v) is 2.92. The van der Waals surface area contributed by atoms with E-state index in [4.69, 9.17) is 11.6 Å². The van der Waals surface area contributed by atoms with Crippen LogP contribution in [0.15, 0.2) is 40.6 Å². The molecular weight excluding hydrogens is 360 g/mol. The molecular formula is C16H15ClN6OS. The number of aryl methyl sites for hydroxylation is 2. The maximum atomic E-state index is 11.9. The molecule has 0 spiro atoms. The van der Waals surface area contributed by atoms with Crippen molar-refractivity contribution in [3.63, 3.8) is 0 Å². The first kappa shape index (κ1) is 17.4. The van der Waals surface area contributed by atoms with Crippen LogP contribution in [0.4, 0.5) is 0 Å². The first-order valence-electron chi connectivity index (χ1n) is 7.43. The van der Waals surface area contributed by atoms with Gasteiger partial charge in [-0.25, -0.2) is 14.9 Å². The molecule has 2 heterocycles. The van der Waals surface area contributed by atoms with E-state index in [1.165, 1.54) is 18.0 Å². The largest absolute Gasteiger partial charge is 0.272 e. The van der Waals surface area contributed by atoms with E-state index in [-0.39, 0.29) is 11.7 Å². The van der Waals surface area contributed by atoms with E-state index in [1.54, 1.807) is 10.6 Å². The summed E-state index contributed by atoms with van der Waals surface area (Å²) in [5.74, 6) is 0.416. The molecule has 0 radical (unpaired) electrons. The van der Waals surface area contributed by atoms with Gasteiger partial charge in [0.1, 0.15) is 0 Å². The second-order valence-electron chi connectivity index (χ2n) is 5.25. The number of hydrogen-bond acceptors (Lipinski definition) is 6. The van der Waals surface area contributed by atoms with Crippen LogP contribution in [0.3, 0.4) is 0 Å². The summed E-state index contributed by atoms with van der Waals surface area (Å²) >= 11 is 7.23. The molecule has 0 aliphatic heterocycles. The zero-order valence-electron chi connectivity index (χ0n) is 13.6. The molecule has 0 aliphatic carbocycles. The molecule has 1 aromatic carbocycles. The summed E-state index contributed by atoms with van der Waals surface area (Å²) in [5.41, 5.74) is 5.00. The maximum Gasteiger partial charge on any atom is 0.253 e. The third-order valence-corrected chi connectivity index (χ3v) is 4.41. The topological polar surface area (TPSA) is 84.5 Å². The number of fused-ring (bicyclic) bond motifs is 1. The van der Waals surface area contributed by atoms with E-state index in [1.807, 2.05) is 38.1 Å². The lowest BCUT2D eigenvalue weighted by molar-refractivity contribution is -0.118. The van der Waals surface area contributed by atoms with Gasteiger partial charge in [-0.05, 0) is 26.0 Å². The Hall–Kier alpha value is -2.45. The van der Waals surface area contributed by atoms with Gasteiger partial charge >= 0.3 is 0 Å². The molecule has 0 atom stereocenters. The highest BCUT2D eigenvalue weighted by atomic mass is 35.5. The molecule has 1 N–H and O–H groups in total. The molecule has 2 aromatic heterocycles. The third kappa shape index (κ3) is 4.34. The summed E-state index contributed by atoms with van der Waals surface area (Å²) in [7, 11) is 0. The Morgan fingerprint density at radius 3 is 2.96 bits per heavy atom. The summed E-state index contributed by atoms with van der Waals surface area (Å²) < 4.78 is 1.66. The molecule has 0 unspecified atom stereocenters. The lowest BCUT2D eigenvalue weighted by Crippen LogP contribution is -2.19. The summed E-state index contributed by atoms with van der Waals surface area (Å²) in [4.78, 5) is 20.5.